The maximum absolute atomic E-state index is 15.9. The summed E-state index contributed by atoms with van der Waals surface area (Å²) in [4.78, 5) is 46.8. The number of amidine groups is 1. The quantitative estimate of drug-likeness (QED) is 0.237. The van der Waals surface area contributed by atoms with Crippen molar-refractivity contribution in [2.75, 3.05) is 18.9 Å². The average Bonchev–Trinajstić information content (AvgIpc) is 3.72. The SMILES string of the molecule is NC1=NC(=O)C2N=CN([C@@H]3O[C@@H]4COP(=O)(O)O[C@H]5[C@@H](F)[C@H](n6cnc7c(N)ncnc76)O[C@@H]5CNS(=O)(=O)O[C@H]4[C@H]3F)C2=N1. The van der Waals surface area contributed by atoms with E-state index in [0.29, 0.717) is 0 Å². The van der Waals surface area contributed by atoms with E-state index in [1.54, 1.807) is 0 Å². The summed E-state index contributed by atoms with van der Waals surface area (Å²) in [5, 5.41) is 0. The number of carbonyl (C=O) groups is 1. The number of rotatable bonds is 2. The van der Waals surface area contributed by atoms with Crippen LogP contribution < -0.4 is 16.2 Å². The molecule has 0 saturated carbocycles. The summed E-state index contributed by atoms with van der Waals surface area (Å²) in [6.45, 7) is -1.72. The lowest BCUT2D eigenvalue weighted by Gasteiger charge is -2.26. The van der Waals surface area contributed by atoms with E-state index in [1.807, 2.05) is 4.72 Å². The van der Waals surface area contributed by atoms with Crippen LogP contribution in [0.2, 0.25) is 0 Å². The number of fused-ring (bicyclic) bond motifs is 4. The molecule has 2 aromatic rings. The van der Waals surface area contributed by atoms with Crippen molar-refractivity contribution in [2.24, 2.45) is 20.7 Å². The second-order valence-corrected chi connectivity index (χ2v) is 12.9. The summed E-state index contributed by atoms with van der Waals surface area (Å²) in [7, 11) is -9.99. The number of nitrogens with two attached hydrogens (primary N) is 2. The molecule has 45 heavy (non-hydrogen) atoms. The largest absolute Gasteiger partial charge is 0.472 e. The van der Waals surface area contributed by atoms with Gasteiger partial charge in [0.05, 0.1) is 19.3 Å². The first-order chi connectivity index (χ1) is 21.3. The number of amides is 1. The van der Waals surface area contributed by atoms with Crippen molar-refractivity contribution in [3.8, 4) is 0 Å². The molecular weight excluding hydrogens is 655 g/mol. The van der Waals surface area contributed by atoms with Gasteiger partial charge in [-0.05, 0) is 0 Å². The molecule has 0 bridgehead atoms. The van der Waals surface area contributed by atoms with Crippen LogP contribution in [0.25, 0.3) is 11.2 Å². The van der Waals surface area contributed by atoms with Gasteiger partial charge in [-0.2, -0.15) is 23.1 Å². The molecule has 7 heterocycles. The number of nitrogen functional groups attached to an aromatic ring is 1. The first-order valence-electron chi connectivity index (χ1n) is 13.0. The number of nitrogens with zero attached hydrogens (tertiary/aromatic N) is 8. The van der Waals surface area contributed by atoms with Gasteiger partial charge in [0.2, 0.25) is 5.96 Å². The number of phosphoric ester groups is 1. The number of nitrogens with one attached hydrogen (secondary N) is 1. The summed E-state index contributed by atoms with van der Waals surface area (Å²) in [5.74, 6) is -1.36. The predicted molar refractivity (Wildman–Crippen MR) is 143 cm³/mol. The normalized spacial score (nSPS) is 39.8. The van der Waals surface area contributed by atoms with Gasteiger partial charge in [-0.15, -0.1) is 0 Å². The number of ether oxygens (including phenoxy) is 2. The first kappa shape index (κ1) is 30.1. The lowest BCUT2D eigenvalue weighted by Crippen LogP contribution is -2.49. The molecule has 0 aliphatic carbocycles. The van der Waals surface area contributed by atoms with Crippen molar-refractivity contribution in [1.82, 2.24) is 29.1 Å². The number of halogens is 2. The zero-order valence-corrected chi connectivity index (χ0v) is 24.0. The second kappa shape index (κ2) is 10.7. The van der Waals surface area contributed by atoms with Gasteiger partial charge in [-0.1, -0.05) is 0 Å². The summed E-state index contributed by atoms with van der Waals surface area (Å²) in [6, 6.07) is -1.24. The maximum atomic E-state index is 15.9. The summed E-state index contributed by atoms with van der Waals surface area (Å²) in [5.41, 5.74) is 11.5. The third-order valence-electron chi connectivity index (χ3n) is 7.36. The molecular formula is C20H22F2N11O10PS. The zero-order chi connectivity index (χ0) is 31.8. The lowest BCUT2D eigenvalue weighted by atomic mass is 10.1. The number of alkyl halides is 2. The number of hydrogen-bond acceptors (Lipinski definition) is 17. The third kappa shape index (κ3) is 5.26. The molecule has 242 valence electrons. The lowest BCUT2D eigenvalue weighted by molar-refractivity contribution is -0.117. The van der Waals surface area contributed by atoms with Gasteiger partial charge in [0.25, 0.3) is 5.91 Å². The minimum absolute atomic E-state index is 0.00994. The number of aromatic nitrogens is 4. The van der Waals surface area contributed by atoms with Crippen molar-refractivity contribution in [1.29, 1.82) is 0 Å². The van der Waals surface area contributed by atoms with Gasteiger partial charge in [-0.3, -0.25) is 28.3 Å². The minimum atomic E-state index is -5.16. The Morgan fingerprint density at radius 1 is 1.07 bits per heavy atom. The van der Waals surface area contributed by atoms with E-state index in [-0.39, 0.29) is 22.8 Å². The van der Waals surface area contributed by atoms with Crippen LogP contribution in [0.1, 0.15) is 6.23 Å². The topological polar surface area (TPSA) is 283 Å². The predicted octanol–water partition coefficient (Wildman–Crippen LogP) is -2.59. The van der Waals surface area contributed by atoms with Gasteiger partial charge in [-0.25, -0.2) is 32.5 Å². The molecule has 2 unspecified atom stereocenters. The number of guanidine groups is 1. The Bertz CT molecular complexity index is 1810. The number of imidazole rings is 1. The van der Waals surface area contributed by atoms with Crippen LogP contribution in [0.15, 0.2) is 27.6 Å². The van der Waals surface area contributed by atoms with Crippen LogP contribution in [-0.2, 0) is 42.4 Å². The van der Waals surface area contributed by atoms with E-state index in [0.717, 1.165) is 28.5 Å². The van der Waals surface area contributed by atoms with Gasteiger partial charge < -0.3 is 25.8 Å². The molecule has 10 atom stereocenters. The monoisotopic (exact) mass is 677 g/mol. The van der Waals surface area contributed by atoms with E-state index >= 15 is 8.78 Å². The molecule has 5 aliphatic heterocycles. The van der Waals surface area contributed by atoms with Gasteiger partial charge >= 0.3 is 18.1 Å². The molecule has 0 spiro atoms. The van der Waals surface area contributed by atoms with E-state index in [1.165, 1.54) is 0 Å². The fourth-order valence-electron chi connectivity index (χ4n) is 5.36. The Labute approximate surface area is 250 Å². The Kier molecular flexibility index (Phi) is 7.18. The molecule has 5 aliphatic rings. The van der Waals surface area contributed by atoms with E-state index < -0.39 is 98.4 Å². The smallest absolute Gasteiger partial charge is 0.382 e. The summed E-state index contributed by atoms with van der Waals surface area (Å²) in [6.07, 6.45) is -11.5. The van der Waals surface area contributed by atoms with Crippen molar-refractivity contribution in [3.63, 3.8) is 0 Å². The fraction of sp³-hybridized carbons (Fsp3) is 0.550. The zero-order valence-electron chi connectivity index (χ0n) is 22.3. The molecule has 21 nitrogen and oxygen atoms in total. The van der Waals surface area contributed by atoms with Crippen LogP contribution in [0.4, 0.5) is 14.6 Å². The minimum Gasteiger partial charge on any atom is -0.382 e. The Balaban J connectivity index is 1.14. The van der Waals surface area contributed by atoms with Crippen LogP contribution >= 0.6 is 7.82 Å². The molecule has 25 heteroatoms. The molecule has 0 radical (unpaired) electrons. The highest BCUT2D eigenvalue weighted by Gasteiger charge is 2.56. The van der Waals surface area contributed by atoms with E-state index in [9.17, 15) is 22.7 Å². The standard InChI is InChI=1S/C20H22F2N11O10PS/c21-8-12-6(40-18(8)32-4-27-10-14(23)25-3-26-15(10)32)1-29-45(37,38)43-13-7(2-39-44(35,36)42-12)41-19(9(13)22)33-5-28-11-16(33)30-20(24)31-17(11)34/h3-9,11-13,18-19,29H,1-2H2,(H,35,36)(H2,23,25,26)(H2,24,31,34)/t6-,7-,8-,9-,11?,12-,13-,18-,19-/m1/s1. The maximum Gasteiger partial charge on any atom is 0.472 e. The summed E-state index contributed by atoms with van der Waals surface area (Å²) >= 11 is 0. The molecule has 0 aromatic carbocycles. The van der Waals surface area contributed by atoms with Gasteiger partial charge in [0.1, 0.15) is 36.3 Å². The van der Waals surface area contributed by atoms with Crippen molar-refractivity contribution < 1.29 is 54.2 Å². The fourth-order valence-corrected chi connectivity index (χ4v) is 7.27. The average molecular weight is 678 g/mol. The van der Waals surface area contributed by atoms with Crippen molar-refractivity contribution in [3.05, 3.63) is 12.7 Å². The van der Waals surface area contributed by atoms with Gasteiger partial charge in [0, 0.05) is 6.54 Å². The third-order valence-corrected chi connectivity index (χ3v) is 9.34. The van der Waals surface area contributed by atoms with E-state index in [4.69, 9.17) is 34.2 Å². The molecule has 3 saturated heterocycles. The molecule has 1 amide bonds. The second-order valence-electron chi connectivity index (χ2n) is 10.2. The molecule has 6 N–H and O–H groups in total. The number of carbonyl (C=O) groups excluding carboxylic acids is 1. The summed E-state index contributed by atoms with van der Waals surface area (Å²) < 4.78 is 100. The Morgan fingerprint density at radius 2 is 1.82 bits per heavy atom. The van der Waals surface area contributed by atoms with Crippen LogP contribution in [0.5, 0.6) is 0 Å². The van der Waals surface area contributed by atoms with E-state index in [2.05, 4.69) is 29.9 Å². The van der Waals surface area contributed by atoms with Crippen LogP contribution in [0.3, 0.4) is 0 Å². The number of aliphatic imine (C=N–C) groups is 3. The van der Waals surface area contributed by atoms with Crippen LogP contribution in [-0.4, -0.2) is 124 Å². The Morgan fingerprint density at radius 3 is 2.62 bits per heavy atom. The number of anilines is 1. The highest BCUT2D eigenvalue weighted by atomic mass is 32.2. The Hall–Kier alpha value is -3.61. The van der Waals surface area contributed by atoms with Crippen LogP contribution in [0, 0.1) is 0 Å². The van der Waals surface area contributed by atoms with Crippen molar-refractivity contribution >= 4 is 59.1 Å². The highest BCUT2D eigenvalue weighted by molar-refractivity contribution is 7.84. The van der Waals surface area contributed by atoms with Crippen molar-refractivity contribution in [2.45, 2.75) is 55.3 Å². The number of hydrogen-bond donors (Lipinski definition) is 4. The molecule has 3 fully saturated rings. The van der Waals surface area contributed by atoms with Gasteiger partial charge in [0.15, 0.2) is 48.1 Å². The number of phosphoric acid groups is 1. The first-order valence-corrected chi connectivity index (χ1v) is 15.9. The molecule has 7 rings (SSSR count). The highest BCUT2D eigenvalue weighted by Crippen LogP contribution is 2.50. The molecule has 2 aromatic heterocycles.